The summed E-state index contributed by atoms with van der Waals surface area (Å²) in [5.41, 5.74) is 0.0972. The second kappa shape index (κ2) is 3.55. The first-order valence-corrected chi connectivity index (χ1v) is 4.72. The van der Waals surface area contributed by atoms with Gasteiger partial charge in [0, 0.05) is 0 Å². The van der Waals surface area contributed by atoms with Crippen LogP contribution in [-0.4, -0.2) is 19.4 Å². The summed E-state index contributed by atoms with van der Waals surface area (Å²) in [6, 6.07) is 7.55. The van der Waals surface area contributed by atoms with Crippen molar-refractivity contribution >= 4 is 22.4 Å². The monoisotopic (exact) mass is 201 g/mol. The molecule has 0 aliphatic rings. The Hall–Kier alpha value is -1.40. The zero-order valence-corrected chi connectivity index (χ0v) is 7.31. The maximum absolute atomic E-state index is 10.6. The summed E-state index contributed by atoms with van der Waals surface area (Å²) < 4.78 is 30.1. The summed E-state index contributed by atoms with van der Waals surface area (Å²) in [6.07, 6.45) is 0.0324. The number of benzene rings is 1. The van der Waals surface area contributed by atoms with Gasteiger partial charge < -0.3 is 0 Å². The summed E-state index contributed by atoms with van der Waals surface area (Å²) in [5, 5.41) is 0. The Balaban J connectivity index is 3.13. The molecule has 70 valence electrons. The molecule has 1 N–H and O–H groups in total. The third kappa shape index (κ3) is 2.27. The summed E-state index contributed by atoms with van der Waals surface area (Å²) in [4.78, 5) is 10.3. The molecular formula is C7H7NO4S. The summed E-state index contributed by atoms with van der Waals surface area (Å²) in [6.45, 7) is 0. The van der Waals surface area contributed by atoms with Gasteiger partial charge in [-0.2, -0.15) is 12.7 Å². The van der Waals surface area contributed by atoms with E-state index in [1.807, 2.05) is 0 Å². The molecule has 0 aromatic heterocycles. The molecule has 0 spiro atoms. The topological polar surface area (TPSA) is 74.7 Å². The summed E-state index contributed by atoms with van der Waals surface area (Å²) >= 11 is 0. The van der Waals surface area contributed by atoms with Crippen LogP contribution in [0.3, 0.4) is 0 Å². The van der Waals surface area contributed by atoms with Gasteiger partial charge in [-0.15, -0.1) is 0 Å². The maximum Gasteiger partial charge on any atom is 0.366 e. The standard InChI is InChI=1S/C7H7NO4S/c9-6-8(13(10,11)12)7-4-2-1-3-5-7/h1-6H,(H,10,11,12). The number of nitrogens with zero attached hydrogens (tertiary/aromatic N) is 1. The molecule has 0 aliphatic heterocycles. The first-order chi connectivity index (χ1) is 6.05. The lowest BCUT2D eigenvalue weighted by Crippen LogP contribution is -2.28. The lowest BCUT2D eigenvalue weighted by molar-refractivity contribution is -0.106. The van der Waals surface area contributed by atoms with Gasteiger partial charge in [-0.25, -0.2) is 0 Å². The fourth-order valence-corrected chi connectivity index (χ4v) is 1.32. The highest BCUT2D eigenvalue weighted by molar-refractivity contribution is 7.88. The quantitative estimate of drug-likeness (QED) is 0.569. The zero-order valence-electron chi connectivity index (χ0n) is 6.49. The lowest BCUT2D eigenvalue weighted by Gasteiger charge is -2.11. The highest BCUT2D eigenvalue weighted by Crippen LogP contribution is 2.13. The third-order valence-corrected chi connectivity index (χ3v) is 2.15. The second-order valence-electron chi connectivity index (χ2n) is 2.21. The van der Waals surface area contributed by atoms with Gasteiger partial charge in [0.15, 0.2) is 0 Å². The van der Waals surface area contributed by atoms with Gasteiger partial charge in [0.05, 0.1) is 5.69 Å². The van der Waals surface area contributed by atoms with Crippen LogP contribution in [0.25, 0.3) is 0 Å². The number of anilines is 1. The molecule has 0 unspecified atom stereocenters. The molecule has 0 saturated heterocycles. The van der Waals surface area contributed by atoms with Gasteiger partial charge in [0.2, 0.25) is 6.41 Å². The molecule has 0 bridgehead atoms. The largest absolute Gasteiger partial charge is 0.366 e. The molecule has 0 radical (unpaired) electrons. The fraction of sp³-hybridized carbons (Fsp3) is 0. The van der Waals surface area contributed by atoms with E-state index in [4.69, 9.17) is 4.55 Å². The first-order valence-electron chi connectivity index (χ1n) is 3.33. The number of carbonyl (C=O) groups is 1. The minimum Gasteiger partial charge on any atom is -0.277 e. The maximum atomic E-state index is 10.6. The molecule has 1 aromatic carbocycles. The molecule has 1 rings (SSSR count). The Labute approximate surface area is 75.5 Å². The predicted molar refractivity (Wildman–Crippen MR) is 46.5 cm³/mol. The number of para-hydroxylation sites is 1. The Morgan fingerprint density at radius 1 is 1.23 bits per heavy atom. The van der Waals surface area contributed by atoms with Crippen LogP contribution in [-0.2, 0) is 15.1 Å². The van der Waals surface area contributed by atoms with Crippen molar-refractivity contribution in [2.45, 2.75) is 0 Å². The van der Waals surface area contributed by atoms with Gasteiger partial charge >= 0.3 is 10.3 Å². The van der Waals surface area contributed by atoms with Gasteiger partial charge in [-0.3, -0.25) is 9.35 Å². The molecule has 0 heterocycles. The van der Waals surface area contributed by atoms with Gasteiger partial charge in [-0.1, -0.05) is 18.2 Å². The minimum atomic E-state index is -4.50. The molecule has 1 amide bonds. The van der Waals surface area contributed by atoms with Crippen LogP contribution in [0.15, 0.2) is 30.3 Å². The Bertz CT molecular complexity index is 386. The third-order valence-electron chi connectivity index (χ3n) is 1.35. The highest BCUT2D eigenvalue weighted by Gasteiger charge is 2.17. The average molecular weight is 201 g/mol. The van der Waals surface area contributed by atoms with Crippen molar-refractivity contribution in [3.63, 3.8) is 0 Å². The highest BCUT2D eigenvalue weighted by atomic mass is 32.2. The van der Waals surface area contributed by atoms with Gasteiger partial charge in [0.1, 0.15) is 0 Å². The van der Waals surface area contributed by atoms with E-state index in [-0.39, 0.29) is 16.4 Å². The number of hydrogen-bond acceptors (Lipinski definition) is 3. The van der Waals surface area contributed by atoms with Crippen LogP contribution in [0.5, 0.6) is 0 Å². The van der Waals surface area contributed by atoms with Gasteiger partial charge in [-0.05, 0) is 12.1 Å². The average Bonchev–Trinajstić information content (AvgIpc) is 2.05. The van der Waals surface area contributed by atoms with Crippen molar-refractivity contribution in [2.75, 3.05) is 4.31 Å². The van der Waals surface area contributed by atoms with Crippen LogP contribution in [0.2, 0.25) is 0 Å². The molecule has 0 saturated carbocycles. The molecule has 5 nitrogen and oxygen atoms in total. The molecule has 13 heavy (non-hydrogen) atoms. The van der Waals surface area contributed by atoms with E-state index >= 15 is 0 Å². The van der Waals surface area contributed by atoms with Crippen molar-refractivity contribution in [2.24, 2.45) is 0 Å². The van der Waals surface area contributed by atoms with Gasteiger partial charge in [0.25, 0.3) is 0 Å². The Morgan fingerprint density at radius 3 is 2.15 bits per heavy atom. The van der Waals surface area contributed by atoms with Crippen LogP contribution in [0.4, 0.5) is 5.69 Å². The molecule has 0 fully saturated rings. The SMILES string of the molecule is O=CN(c1ccccc1)S(=O)(=O)O. The van der Waals surface area contributed by atoms with Crippen molar-refractivity contribution in [3.05, 3.63) is 30.3 Å². The van der Waals surface area contributed by atoms with Crippen molar-refractivity contribution < 1.29 is 17.8 Å². The minimum absolute atomic E-state index is 0.0324. The van der Waals surface area contributed by atoms with Crippen LogP contribution < -0.4 is 4.31 Å². The van der Waals surface area contributed by atoms with E-state index in [9.17, 15) is 13.2 Å². The molecule has 0 atom stereocenters. The van der Waals surface area contributed by atoms with Crippen molar-refractivity contribution in [1.82, 2.24) is 0 Å². The summed E-state index contributed by atoms with van der Waals surface area (Å²) in [7, 11) is -4.50. The van der Waals surface area contributed by atoms with E-state index in [1.165, 1.54) is 12.1 Å². The second-order valence-corrected chi connectivity index (χ2v) is 3.50. The normalized spacial score (nSPS) is 10.8. The molecular weight excluding hydrogens is 194 g/mol. The lowest BCUT2D eigenvalue weighted by atomic mass is 10.3. The number of amides is 1. The zero-order chi connectivity index (χ0) is 9.90. The number of hydrogen-bond donors (Lipinski definition) is 1. The Morgan fingerprint density at radius 2 is 1.77 bits per heavy atom. The fourth-order valence-electron chi connectivity index (χ4n) is 0.823. The molecule has 6 heteroatoms. The van der Waals surface area contributed by atoms with Crippen LogP contribution >= 0.6 is 0 Å². The summed E-state index contributed by atoms with van der Waals surface area (Å²) in [5.74, 6) is 0. The van der Waals surface area contributed by atoms with Crippen LogP contribution in [0.1, 0.15) is 0 Å². The number of carbonyl (C=O) groups excluding carboxylic acids is 1. The van der Waals surface area contributed by atoms with E-state index < -0.39 is 10.3 Å². The van der Waals surface area contributed by atoms with Crippen molar-refractivity contribution in [3.8, 4) is 0 Å². The van der Waals surface area contributed by atoms with E-state index in [0.29, 0.717) is 0 Å². The Kier molecular flexibility index (Phi) is 2.64. The van der Waals surface area contributed by atoms with Crippen molar-refractivity contribution in [1.29, 1.82) is 0 Å². The van der Waals surface area contributed by atoms with E-state index in [2.05, 4.69) is 0 Å². The van der Waals surface area contributed by atoms with E-state index in [0.717, 1.165) is 0 Å². The van der Waals surface area contributed by atoms with Crippen LogP contribution in [0, 0.1) is 0 Å². The molecule has 1 aromatic rings. The smallest absolute Gasteiger partial charge is 0.277 e. The first kappa shape index (κ1) is 9.69. The molecule has 0 aliphatic carbocycles. The van der Waals surface area contributed by atoms with E-state index in [1.54, 1.807) is 18.2 Å². The number of rotatable bonds is 3. The predicted octanol–water partition coefficient (Wildman–Crippen LogP) is 0.452.